The quantitative estimate of drug-likeness (QED) is 0.587. The highest BCUT2D eigenvalue weighted by atomic mass is 16.5. The maximum atomic E-state index is 9.63. The normalized spacial score (nSPS) is 9.38. The van der Waals surface area contributed by atoms with Gasteiger partial charge in [-0.05, 0) is 32.0 Å². The summed E-state index contributed by atoms with van der Waals surface area (Å²) < 4.78 is 5.36. The topological polar surface area (TPSA) is 41.5 Å². The molecule has 1 aromatic carbocycles. The number of rotatable bonds is 5. The summed E-state index contributed by atoms with van der Waals surface area (Å²) >= 11 is 0. The van der Waals surface area contributed by atoms with Gasteiger partial charge in [-0.2, -0.15) is 0 Å². The largest absolute Gasteiger partial charge is 0.508 e. The lowest BCUT2D eigenvalue weighted by Crippen LogP contribution is -2.13. The lowest BCUT2D eigenvalue weighted by Gasteiger charge is -2.08. The molecule has 0 radical (unpaired) electrons. The third kappa shape index (κ3) is 3.84. The van der Waals surface area contributed by atoms with Gasteiger partial charge in [0.2, 0.25) is 0 Å². The Morgan fingerprint density at radius 3 is 2.94 bits per heavy atom. The third-order valence-corrected chi connectivity index (χ3v) is 2.07. The van der Waals surface area contributed by atoms with Gasteiger partial charge in [0.15, 0.2) is 0 Å². The molecule has 0 aromatic heterocycles. The molecule has 0 heterocycles. The van der Waals surface area contributed by atoms with Gasteiger partial charge >= 0.3 is 0 Å². The molecule has 0 saturated heterocycles. The van der Waals surface area contributed by atoms with Crippen LogP contribution < -0.4 is 10.1 Å². The summed E-state index contributed by atoms with van der Waals surface area (Å²) in [6.45, 7) is 5.56. The molecule has 1 rings (SSSR count). The van der Waals surface area contributed by atoms with E-state index in [-0.39, 0.29) is 5.75 Å². The van der Waals surface area contributed by atoms with E-state index in [9.17, 15) is 5.11 Å². The van der Waals surface area contributed by atoms with Gasteiger partial charge in [0.05, 0.1) is 13.2 Å². The van der Waals surface area contributed by atoms with Crippen molar-refractivity contribution in [2.75, 3.05) is 13.2 Å². The molecule has 0 saturated carbocycles. The molecule has 3 heteroatoms. The van der Waals surface area contributed by atoms with Crippen molar-refractivity contribution < 1.29 is 9.84 Å². The van der Waals surface area contributed by atoms with Crippen molar-refractivity contribution in [3.8, 4) is 23.3 Å². The SMILES string of the molecule is CC#CCNCc1cc(OCC)ccc1O. The smallest absolute Gasteiger partial charge is 0.120 e. The molecule has 0 bridgehead atoms. The fraction of sp³-hybridized carbons (Fsp3) is 0.385. The molecule has 0 fully saturated rings. The van der Waals surface area contributed by atoms with Crippen LogP contribution >= 0.6 is 0 Å². The number of nitrogens with one attached hydrogen (secondary N) is 1. The molecule has 0 aliphatic rings. The Morgan fingerprint density at radius 1 is 1.44 bits per heavy atom. The highest BCUT2D eigenvalue weighted by Gasteiger charge is 2.02. The third-order valence-electron chi connectivity index (χ3n) is 2.07. The van der Waals surface area contributed by atoms with Crippen molar-refractivity contribution >= 4 is 0 Å². The molecule has 0 aliphatic carbocycles. The van der Waals surface area contributed by atoms with Crippen LogP contribution in [0, 0.1) is 11.8 Å². The van der Waals surface area contributed by atoms with Crippen LogP contribution in [-0.2, 0) is 6.54 Å². The van der Waals surface area contributed by atoms with Crippen molar-refractivity contribution in [3.63, 3.8) is 0 Å². The molecule has 3 nitrogen and oxygen atoms in total. The first kappa shape index (κ1) is 12.4. The van der Waals surface area contributed by atoms with Crippen LogP contribution in [0.2, 0.25) is 0 Å². The number of aromatic hydroxyl groups is 1. The molecule has 16 heavy (non-hydrogen) atoms. The van der Waals surface area contributed by atoms with Gasteiger partial charge in [0.1, 0.15) is 11.5 Å². The van der Waals surface area contributed by atoms with E-state index in [2.05, 4.69) is 17.2 Å². The van der Waals surface area contributed by atoms with E-state index in [0.717, 1.165) is 11.3 Å². The number of phenols is 1. The van der Waals surface area contributed by atoms with Gasteiger partial charge in [-0.3, -0.25) is 0 Å². The van der Waals surface area contributed by atoms with Crippen LogP contribution in [-0.4, -0.2) is 18.3 Å². The van der Waals surface area contributed by atoms with Crippen molar-refractivity contribution in [3.05, 3.63) is 23.8 Å². The molecule has 0 unspecified atom stereocenters. The van der Waals surface area contributed by atoms with Crippen LogP contribution in [0.3, 0.4) is 0 Å². The minimum atomic E-state index is 0.278. The van der Waals surface area contributed by atoms with E-state index in [1.165, 1.54) is 0 Å². The van der Waals surface area contributed by atoms with E-state index in [1.807, 2.05) is 13.0 Å². The second-order valence-corrected chi connectivity index (χ2v) is 3.25. The summed E-state index contributed by atoms with van der Waals surface area (Å²) in [5.74, 6) is 6.76. The van der Waals surface area contributed by atoms with Gasteiger partial charge in [-0.1, -0.05) is 5.92 Å². The van der Waals surface area contributed by atoms with Crippen molar-refractivity contribution in [2.45, 2.75) is 20.4 Å². The molecule has 2 N–H and O–H groups in total. The highest BCUT2D eigenvalue weighted by Crippen LogP contribution is 2.22. The number of phenolic OH excluding ortho intramolecular Hbond substituents is 1. The predicted molar refractivity (Wildman–Crippen MR) is 64.4 cm³/mol. The molecule has 0 amide bonds. The van der Waals surface area contributed by atoms with E-state index >= 15 is 0 Å². The summed E-state index contributed by atoms with van der Waals surface area (Å²) in [5.41, 5.74) is 0.823. The van der Waals surface area contributed by atoms with Crippen LogP contribution in [0.5, 0.6) is 11.5 Å². The molecule has 1 aromatic rings. The first-order chi connectivity index (χ1) is 7.77. The van der Waals surface area contributed by atoms with Crippen molar-refractivity contribution in [1.29, 1.82) is 0 Å². The number of benzene rings is 1. The van der Waals surface area contributed by atoms with Crippen LogP contribution in [0.1, 0.15) is 19.4 Å². The molecular weight excluding hydrogens is 202 g/mol. The van der Waals surface area contributed by atoms with Gasteiger partial charge < -0.3 is 15.2 Å². The first-order valence-corrected chi connectivity index (χ1v) is 5.33. The molecular formula is C13H17NO2. The fourth-order valence-electron chi connectivity index (χ4n) is 1.31. The van der Waals surface area contributed by atoms with E-state index in [0.29, 0.717) is 19.7 Å². The standard InChI is InChI=1S/C13H17NO2/c1-3-5-8-14-10-11-9-12(16-4-2)6-7-13(11)15/h6-7,9,14-15H,4,8,10H2,1-2H3. The number of hydrogen-bond donors (Lipinski definition) is 2. The van der Waals surface area contributed by atoms with Crippen LogP contribution in [0.25, 0.3) is 0 Å². The Labute approximate surface area is 96.4 Å². The lowest BCUT2D eigenvalue weighted by atomic mass is 10.2. The van der Waals surface area contributed by atoms with Gasteiger partial charge in [-0.25, -0.2) is 0 Å². The van der Waals surface area contributed by atoms with Crippen molar-refractivity contribution in [1.82, 2.24) is 5.32 Å². The van der Waals surface area contributed by atoms with Crippen LogP contribution in [0.15, 0.2) is 18.2 Å². The molecule has 0 aliphatic heterocycles. The Bertz CT molecular complexity index is 391. The summed E-state index contributed by atoms with van der Waals surface area (Å²) in [4.78, 5) is 0. The minimum absolute atomic E-state index is 0.278. The van der Waals surface area contributed by atoms with Crippen molar-refractivity contribution in [2.24, 2.45) is 0 Å². The summed E-state index contributed by atoms with van der Waals surface area (Å²) in [5, 5.41) is 12.8. The Morgan fingerprint density at radius 2 is 2.25 bits per heavy atom. The van der Waals surface area contributed by atoms with Gasteiger partial charge in [0, 0.05) is 12.1 Å². The monoisotopic (exact) mass is 219 g/mol. The molecule has 0 atom stereocenters. The minimum Gasteiger partial charge on any atom is -0.508 e. The van der Waals surface area contributed by atoms with Gasteiger partial charge in [0.25, 0.3) is 0 Å². The fourth-order valence-corrected chi connectivity index (χ4v) is 1.31. The zero-order valence-electron chi connectivity index (χ0n) is 9.71. The Kier molecular flexibility index (Phi) is 5.24. The van der Waals surface area contributed by atoms with E-state index in [4.69, 9.17) is 4.74 Å². The zero-order chi connectivity index (χ0) is 11.8. The zero-order valence-corrected chi connectivity index (χ0v) is 9.71. The second kappa shape index (κ2) is 6.76. The summed E-state index contributed by atoms with van der Waals surface area (Å²) in [6, 6.07) is 5.24. The maximum absolute atomic E-state index is 9.63. The molecule has 0 spiro atoms. The molecule has 86 valence electrons. The average molecular weight is 219 g/mol. The lowest BCUT2D eigenvalue weighted by molar-refractivity contribution is 0.338. The maximum Gasteiger partial charge on any atom is 0.120 e. The highest BCUT2D eigenvalue weighted by molar-refractivity contribution is 5.39. The number of hydrogen-bond acceptors (Lipinski definition) is 3. The Balaban J connectivity index is 2.61. The van der Waals surface area contributed by atoms with E-state index < -0.39 is 0 Å². The summed E-state index contributed by atoms with van der Waals surface area (Å²) in [6.07, 6.45) is 0. The average Bonchev–Trinajstić information content (AvgIpc) is 2.29. The second-order valence-electron chi connectivity index (χ2n) is 3.25. The summed E-state index contributed by atoms with van der Waals surface area (Å²) in [7, 11) is 0. The first-order valence-electron chi connectivity index (χ1n) is 5.33. The van der Waals surface area contributed by atoms with Gasteiger partial charge in [-0.15, -0.1) is 5.92 Å². The predicted octanol–water partition coefficient (Wildman–Crippen LogP) is 1.90. The van der Waals surface area contributed by atoms with E-state index in [1.54, 1.807) is 19.1 Å². The van der Waals surface area contributed by atoms with Crippen LogP contribution in [0.4, 0.5) is 0 Å². The Hall–Kier alpha value is -1.66. The number of ether oxygens (including phenoxy) is 1.